The van der Waals surface area contributed by atoms with Gasteiger partial charge in [0.15, 0.2) is 6.61 Å². The summed E-state index contributed by atoms with van der Waals surface area (Å²) in [5, 5.41) is 7.76. The Hall–Kier alpha value is -2.32. The van der Waals surface area contributed by atoms with Crippen molar-refractivity contribution in [1.82, 2.24) is 16.0 Å². The van der Waals surface area contributed by atoms with Crippen LogP contribution in [0.25, 0.3) is 0 Å². The lowest BCUT2D eigenvalue weighted by molar-refractivity contribution is -0.147. The quantitative estimate of drug-likeness (QED) is 0.558. The first-order valence-corrected chi connectivity index (χ1v) is 8.46. The lowest BCUT2D eigenvalue weighted by atomic mass is 10.2. The van der Waals surface area contributed by atoms with E-state index in [0.29, 0.717) is 11.6 Å². The van der Waals surface area contributed by atoms with Gasteiger partial charge in [0.2, 0.25) is 5.91 Å². The molecular formula is C16H19Cl2N3O5. The molecule has 1 aromatic carbocycles. The van der Waals surface area contributed by atoms with Gasteiger partial charge in [-0.2, -0.15) is 0 Å². The van der Waals surface area contributed by atoms with Gasteiger partial charge < -0.3 is 20.7 Å². The van der Waals surface area contributed by atoms with E-state index in [1.807, 2.05) is 0 Å². The summed E-state index contributed by atoms with van der Waals surface area (Å²) in [6.07, 6.45) is 0. The first kappa shape index (κ1) is 21.7. The van der Waals surface area contributed by atoms with Crippen molar-refractivity contribution in [2.24, 2.45) is 0 Å². The van der Waals surface area contributed by atoms with Crippen LogP contribution in [0.5, 0.6) is 0 Å². The predicted molar refractivity (Wildman–Crippen MR) is 96.0 cm³/mol. The molecule has 26 heavy (non-hydrogen) atoms. The number of halogens is 2. The highest BCUT2D eigenvalue weighted by Crippen LogP contribution is 2.20. The second-order valence-corrected chi connectivity index (χ2v) is 5.99. The lowest BCUT2D eigenvalue weighted by Crippen LogP contribution is -2.46. The molecule has 0 saturated heterocycles. The highest BCUT2D eigenvalue weighted by molar-refractivity contribution is 6.36. The summed E-state index contributed by atoms with van der Waals surface area (Å²) in [4.78, 5) is 46.6. The van der Waals surface area contributed by atoms with Crippen molar-refractivity contribution in [2.75, 3.05) is 19.7 Å². The Morgan fingerprint density at radius 3 is 2.46 bits per heavy atom. The molecule has 3 amide bonds. The van der Waals surface area contributed by atoms with Gasteiger partial charge in [-0.25, -0.2) is 0 Å². The number of likely N-dealkylation sites (N-methyl/N-ethyl adjacent to an activating group) is 1. The Morgan fingerprint density at radius 2 is 1.85 bits per heavy atom. The minimum atomic E-state index is -0.816. The SMILES string of the molecule is CCNC(=O)[C@H](C)NC(=O)COC(=O)CNC(=O)c1ccc(Cl)cc1Cl. The van der Waals surface area contributed by atoms with E-state index in [9.17, 15) is 19.2 Å². The Morgan fingerprint density at radius 1 is 1.15 bits per heavy atom. The zero-order valence-electron chi connectivity index (χ0n) is 14.2. The number of esters is 1. The Balaban J connectivity index is 2.37. The molecule has 0 aromatic heterocycles. The Bertz CT molecular complexity index is 696. The van der Waals surface area contributed by atoms with Crippen LogP contribution in [-0.2, 0) is 19.1 Å². The fraction of sp³-hybridized carbons (Fsp3) is 0.375. The number of hydrogen-bond acceptors (Lipinski definition) is 5. The molecule has 0 aliphatic rings. The van der Waals surface area contributed by atoms with Crippen molar-refractivity contribution < 1.29 is 23.9 Å². The van der Waals surface area contributed by atoms with Crippen LogP contribution < -0.4 is 16.0 Å². The predicted octanol–water partition coefficient (Wildman–Crippen LogP) is 0.907. The van der Waals surface area contributed by atoms with Crippen LogP contribution in [0, 0.1) is 0 Å². The maximum absolute atomic E-state index is 11.9. The molecule has 1 rings (SSSR count). The molecule has 3 N–H and O–H groups in total. The summed E-state index contributed by atoms with van der Waals surface area (Å²) < 4.78 is 4.73. The van der Waals surface area contributed by atoms with E-state index in [1.165, 1.54) is 25.1 Å². The summed E-state index contributed by atoms with van der Waals surface area (Å²) in [5.74, 6) is -2.38. The van der Waals surface area contributed by atoms with E-state index in [2.05, 4.69) is 16.0 Å². The Labute approximate surface area is 160 Å². The molecule has 1 atom stereocenters. The first-order valence-electron chi connectivity index (χ1n) is 7.70. The maximum atomic E-state index is 11.9. The van der Waals surface area contributed by atoms with E-state index < -0.39 is 37.0 Å². The number of hydrogen-bond donors (Lipinski definition) is 3. The average molecular weight is 404 g/mol. The largest absolute Gasteiger partial charge is 0.454 e. The van der Waals surface area contributed by atoms with Gasteiger partial charge in [0.25, 0.3) is 11.8 Å². The normalized spacial score (nSPS) is 11.2. The summed E-state index contributed by atoms with van der Waals surface area (Å²) in [7, 11) is 0. The molecular weight excluding hydrogens is 385 g/mol. The van der Waals surface area contributed by atoms with Crippen LogP contribution >= 0.6 is 23.2 Å². The zero-order valence-corrected chi connectivity index (χ0v) is 15.7. The summed E-state index contributed by atoms with van der Waals surface area (Å²) in [5.41, 5.74) is 0.150. The highest BCUT2D eigenvalue weighted by Gasteiger charge is 2.17. The van der Waals surface area contributed by atoms with Gasteiger partial charge in [0.05, 0.1) is 10.6 Å². The molecule has 8 nitrogen and oxygen atoms in total. The van der Waals surface area contributed by atoms with Crippen molar-refractivity contribution >= 4 is 46.9 Å². The average Bonchev–Trinajstić information content (AvgIpc) is 2.58. The number of carbonyl (C=O) groups is 4. The fourth-order valence-electron chi connectivity index (χ4n) is 1.79. The molecule has 0 saturated carbocycles. The zero-order chi connectivity index (χ0) is 19.7. The highest BCUT2D eigenvalue weighted by atomic mass is 35.5. The summed E-state index contributed by atoms with van der Waals surface area (Å²) in [6.45, 7) is 2.67. The monoisotopic (exact) mass is 403 g/mol. The second kappa shape index (κ2) is 10.6. The van der Waals surface area contributed by atoms with E-state index in [-0.39, 0.29) is 16.5 Å². The number of benzene rings is 1. The van der Waals surface area contributed by atoms with Gasteiger partial charge in [-0.1, -0.05) is 23.2 Å². The molecule has 0 bridgehead atoms. The van der Waals surface area contributed by atoms with Gasteiger partial charge in [0.1, 0.15) is 12.6 Å². The number of amides is 3. The third kappa shape index (κ3) is 7.28. The molecule has 0 aliphatic heterocycles. The number of nitrogens with one attached hydrogen (secondary N) is 3. The van der Waals surface area contributed by atoms with Gasteiger partial charge in [-0.3, -0.25) is 19.2 Å². The smallest absolute Gasteiger partial charge is 0.325 e. The van der Waals surface area contributed by atoms with Crippen molar-refractivity contribution in [2.45, 2.75) is 19.9 Å². The summed E-state index contributed by atoms with van der Waals surface area (Å²) >= 11 is 11.6. The molecule has 0 radical (unpaired) electrons. The van der Waals surface area contributed by atoms with Crippen molar-refractivity contribution in [3.8, 4) is 0 Å². The van der Waals surface area contributed by atoms with E-state index in [4.69, 9.17) is 27.9 Å². The van der Waals surface area contributed by atoms with E-state index >= 15 is 0 Å². The van der Waals surface area contributed by atoms with Crippen LogP contribution in [0.15, 0.2) is 18.2 Å². The molecule has 0 fully saturated rings. The fourth-order valence-corrected chi connectivity index (χ4v) is 2.29. The van der Waals surface area contributed by atoms with Crippen molar-refractivity contribution in [1.29, 1.82) is 0 Å². The topological polar surface area (TPSA) is 114 Å². The van der Waals surface area contributed by atoms with Gasteiger partial charge in [0, 0.05) is 11.6 Å². The lowest BCUT2D eigenvalue weighted by Gasteiger charge is -2.13. The molecule has 0 unspecified atom stereocenters. The van der Waals surface area contributed by atoms with Crippen LogP contribution in [0.1, 0.15) is 24.2 Å². The molecule has 1 aromatic rings. The molecule has 10 heteroatoms. The standard InChI is InChI=1S/C16H19Cl2N3O5/c1-3-19-15(24)9(2)21-13(22)8-26-14(23)7-20-16(25)11-5-4-10(17)6-12(11)18/h4-6,9H,3,7-8H2,1-2H3,(H,19,24)(H,20,25)(H,21,22)/t9-/m0/s1. The maximum Gasteiger partial charge on any atom is 0.325 e. The van der Waals surface area contributed by atoms with Crippen LogP contribution in [-0.4, -0.2) is 49.4 Å². The van der Waals surface area contributed by atoms with Crippen LogP contribution in [0.2, 0.25) is 10.0 Å². The Kier molecular flexibility index (Phi) is 8.87. The number of ether oxygens (including phenoxy) is 1. The second-order valence-electron chi connectivity index (χ2n) is 5.15. The number of rotatable bonds is 8. The molecule has 0 heterocycles. The van der Waals surface area contributed by atoms with Gasteiger partial charge in [-0.15, -0.1) is 0 Å². The van der Waals surface area contributed by atoms with Crippen molar-refractivity contribution in [3.63, 3.8) is 0 Å². The van der Waals surface area contributed by atoms with E-state index in [0.717, 1.165) is 0 Å². The molecule has 0 spiro atoms. The first-order chi connectivity index (χ1) is 12.2. The third-order valence-electron chi connectivity index (χ3n) is 3.06. The third-order valence-corrected chi connectivity index (χ3v) is 3.60. The summed E-state index contributed by atoms with van der Waals surface area (Å²) in [6, 6.07) is 3.55. The molecule has 0 aliphatic carbocycles. The van der Waals surface area contributed by atoms with Gasteiger partial charge in [-0.05, 0) is 32.0 Å². The minimum absolute atomic E-state index is 0.141. The van der Waals surface area contributed by atoms with Crippen LogP contribution in [0.4, 0.5) is 0 Å². The number of carbonyl (C=O) groups excluding carboxylic acids is 4. The van der Waals surface area contributed by atoms with Crippen LogP contribution in [0.3, 0.4) is 0 Å². The minimum Gasteiger partial charge on any atom is -0.454 e. The molecule has 142 valence electrons. The van der Waals surface area contributed by atoms with E-state index in [1.54, 1.807) is 6.92 Å². The van der Waals surface area contributed by atoms with Gasteiger partial charge >= 0.3 is 5.97 Å². The van der Waals surface area contributed by atoms with Crippen molar-refractivity contribution in [3.05, 3.63) is 33.8 Å².